The fourth-order valence-corrected chi connectivity index (χ4v) is 5.93. The van der Waals surface area contributed by atoms with Crippen LogP contribution in [0.2, 0.25) is 0 Å². The van der Waals surface area contributed by atoms with E-state index in [1.807, 2.05) is 72.8 Å². The molecule has 4 aromatic rings. The van der Waals surface area contributed by atoms with Crippen LogP contribution in [-0.4, -0.2) is 32.7 Å². The lowest BCUT2D eigenvalue weighted by molar-refractivity contribution is -0.393. The molecule has 1 unspecified atom stereocenters. The Labute approximate surface area is 228 Å². The first-order valence-corrected chi connectivity index (χ1v) is 12.5. The molecule has 198 valence electrons. The maximum Gasteiger partial charge on any atom is 0.301 e. The van der Waals surface area contributed by atoms with Crippen LogP contribution in [0, 0.1) is 25.6 Å². The number of aliphatic hydroxyl groups is 1. The Hall–Kier alpha value is -5.22. The molecule has 10 nitrogen and oxygen atoms in total. The number of hydrogen-bond acceptors (Lipinski definition) is 8. The van der Waals surface area contributed by atoms with E-state index in [0.29, 0.717) is 16.8 Å². The number of carbonyl (C=O) groups excluding carboxylic acids is 1. The van der Waals surface area contributed by atoms with Crippen molar-refractivity contribution < 1.29 is 19.7 Å². The summed E-state index contributed by atoms with van der Waals surface area (Å²) in [5, 5.41) is 41.3. The zero-order chi connectivity index (χ0) is 28.0. The van der Waals surface area contributed by atoms with Crippen LogP contribution in [0.15, 0.2) is 108 Å². The number of rotatable bonds is 5. The molecule has 0 radical (unpaired) electrons. The fourth-order valence-electron chi connectivity index (χ4n) is 5.93. The standard InChI is InChI=1S/C30H22N4O6/c35-28-23-14-8-7-13-22(23)27(20-11-5-2-6-12-20)30(28)18-24(19-9-3-1-4-10-19)31-32(29(30)36)25-16-15-21(33(37)38)17-26(25)34(39)40/h1-17,27,29,36H,18H2/t27-,29?,30-/m1/s1. The lowest BCUT2D eigenvalue weighted by Gasteiger charge is -2.45. The second-order valence-electron chi connectivity index (χ2n) is 9.80. The zero-order valence-corrected chi connectivity index (χ0v) is 21.0. The number of hydrogen-bond donors (Lipinski definition) is 1. The molecule has 1 aliphatic heterocycles. The van der Waals surface area contributed by atoms with E-state index in [-0.39, 0.29) is 17.9 Å². The van der Waals surface area contributed by atoms with Gasteiger partial charge in [0.2, 0.25) is 0 Å². The molecular formula is C30H22N4O6. The minimum absolute atomic E-state index is 0.0581. The third-order valence-corrected chi connectivity index (χ3v) is 7.69. The molecule has 0 amide bonds. The molecule has 6 rings (SSSR count). The largest absolute Gasteiger partial charge is 0.371 e. The van der Waals surface area contributed by atoms with Crippen LogP contribution in [0.5, 0.6) is 0 Å². The maximum absolute atomic E-state index is 14.4. The highest BCUT2D eigenvalue weighted by Crippen LogP contribution is 2.57. The molecule has 1 spiro atoms. The van der Waals surface area contributed by atoms with Crippen molar-refractivity contribution in [1.82, 2.24) is 0 Å². The Morgan fingerprint density at radius 3 is 2.17 bits per heavy atom. The van der Waals surface area contributed by atoms with Crippen LogP contribution < -0.4 is 5.01 Å². The van der Waals surface area contributed by atoms with Gasteiger partial charge in [-0.05, 0) is 22.8 Å². The number of nitrogens with zero attached hydrogens (tertiary/aromatic N) is 4. The molecule has 1 aliphatic carbocycles. The summed E-state index contributed by atoms with van der Waals surface area (Å²) in [5.41, 5.74) is 0.371. The number of carbonyl (C=O) groups is 1. The first-order valence-electron chi connectivity index (χ1n) is 12.5. The average Bonchev–Trinajstić information content (AvgIpc) is 3.23. The molecule has 1 N–H and O–H groups in total. The summed E-state index contributed by atoms with van der Waals surface area (Å²) in [6, 6.07) is 28.8. The van der Waals surface area contributed by atoms with E-state index in [4.69, 9.17) is 0 Å². The van der Waals surface area contributed by atoms with Crippen LogP contribution in [0.3, 0.4) is 0 Å². The molecule has 3 atom stereocenters. The molecule has 0 fully saturated rings. The van der Waals surface area contributed by atoms with E-state index >= 15 is 0 Å². The molecule has 0 saturated heterocycles. The minimum Gasteiger partial charge on any atom is -0.371 e. The topological polar surface area (TPSA) is 139 Å². The molecule has 40 heavy (non-hydrogen) atoms. The summed E-state index contributed by atoms with van der Waals surface area (Å²) in [6.45, 7) is 0. The van der Waals surface area contributed by atoms with Crippen LogP contribution in [0.4, 0.5) is 17.1 Å². The molecule has 1 heterocycles. The van der Waals surface area contributed by atoms with Crippen molar-refractivity contribution in [2.75, 3.05) is 5.01 Å². The van der Waals surface area contributed by atoms with E-state index in [1.165, 1.54) is 6.07 Å². The predicted octanol–water partition coefficient (Wildman–Crippen LogP) is 5.45. The highest BCUT2D eigenvalue weighted by atomic mass is 16.6. The summed E-state index contributed by atoms with van der Waals surface area (Å²) in [6.07, 6.45) is -1.58. The summed E-state index contributed by atoms with van der Waals surface area (Å²) in [5.74, 6) is -0.899. The highest BCUT2D eigenvalue weighted by Gasteiger charge is 2.62. The molecular weight excluding hydrogens is 512 g/mol. The SMILES string of the molecule is O=C1c2ccccc2[C@@H](c2ccccc2)[C@]12CC(c1ccccc1)=NN(c1ccc([N+](=O)[O-])cc1[N+](=O)[O-])C2O. The Balaban J connectivity index is 1.63. The van der Waals surface area contributed by atoms with Crippen molar-refractivity contribution >= 4 is 28.6 Å². The Bertz CT molecular complexity index is 1690. The number of ketones is 1. The van der Waals surface area contributed by atoms with Gasteiger partial charge >= 0.3 is 5.69 Å². The monoisotopic (exact) mass is 534 g/mol. The van der Waals surface area contributed by atoms with Crippen molar-refractivity contribution in [2.45, 2.75) is 18.6 Å². The number of nitro groups is 2. The molecule has 10 heteroatoms. The lowest BCUT2D eigenvalue weighted by Crippen LogP contribution is -2.56. The van der Waals surface area contributed by atoms with Gasteiger partial charge in [-0.1, -0.05) is 84.9 Å². The third kappa shape index (κ3) is 3.76. The number of fused-ring (bicyclic) bond motifs is 1. The number of Topliss-reactive ketones (excluding diaryl/α,β-unsaturated/α-hetero) is 1. The number of benzene rings is 4. The summed E-state index contributed by atoms with van der Waals surface area (Å²) >= 11 is 0. The van der Waals surface area contributed by atoms with Gasteiger partial charge in [-0.25, -0.2) is 5.01 Å². The van der Waals surface area contributed by atoms with E-state index in [0.717, 1.165) is 28.3 Å². The smallest absolute Gasteiger partial charge is 0.301 e. The van der Waals surface area contributed by atoms with E-state index < -0.39 is 38.8 Å². The van der Waals surface area contributed by atoms with Gasteiger partial charge in [-0.2, -0.15) is 5.10 Å². The van der Waals surface area contributed by atoms with Crippen molar-refractivity contribution in [1.29, 1.82) is 0 Å². The van der Waals surface area contributed by atoms with Crippen LogP contribution in [0.25, 0.3) is 0 Å². The average molecular weight is 535 g/mol. The molecule has 0 bridgehead atoms. The van der Waals surface area contributed by atoms with Crippen molar-refractivity contribution in [3.8, 4) is 0 Å². The van der Waals surface area contributed by atoms with Gasteiger partial charge in [0.05, 0.1) is 27.0 Å². The number of non-ortho nitro benzene ring substituents is 1. The number of aliphatic hydroxyl groups excluding tert-OH is 1. The molecule has 2 aliphatic rings. The third-order valence-electron chi connectivity index (χ3n) is 7.69. The summed E-state index contributed by atoms with van der Waals surface area (Å²) in [7, 11) is 0. The second kappa shape index (κ2) is 9.51. The number of hydrazone groups is 1. The first kappa shape index (κ1) is 25.1. The second-order valence-corrected chi connectivity index (χ2v) is 9.80. The normalized spacial score (nSPS) is 21.7. The van der Waals surface area contributed by atoms with E-state index in [2.05, 4.69) is 5.10 Å². The van der Waals surface area contributed by atoms with E-state index in [9.17, 15) is 30.1 Å². The Kier molecular flexibility index (Phi) is 5.96. The maximum atomic E-state index is 14.4. The summed E-state index contributed by atoms with van der Waals surface area (Å²) in [4.78, 5) is 36.4. The van der Waals surface area contributed by atoms with Gasteiger partial charge in [0.25, 0.3) is 5.69 Å². The van der Waals surface area contributed by atoms with Crippen LogP contribution >= 0.6 is 0 Å². The fraction of sp³-hybridized carbons (Fsp3) is 0.133. The van der Waals surface area contributed by atoms with E-state index in [1.54, 1.807) is 12.1 Å². The van der Waals surface area contributed by atoms with Gasteiger partial charge in [-0.3, -0.25) is 25.0 Å². The molecule has 0 saturated carbocycles. The quantitative estimate of drug-likeness (QED) is 0.265. The van der Waals surface area contributed by atoms with Crippen LogP contribution in [-0.2, 0) is 0 Å². The lowest BCUT2D eigenvalue weighted by atomic mass is 9.66. The molecule has 0 aromatic heterocycles. The molecule has 4 aromatic carbocycles. The zero-order valence-electron chi connectivity index (χ0n) is 21.0. The van der Waals surface area contributed by atoms with Gasteiger partial charge < -0.3 is 5.11 Å². The van der Waals surface area contributed by atoms with Gasteiger partial charge in [0.15, 0.2) is 12.0 Å². The van der Waals surface area contributed by atoms with Crippen molar-refractivity contribution in [3.05, 3.63) is 146 Å². The van der Waals surface area contributed by atoms with Crippen LogP contribution in [0.1, 0.15) is 39.4 Å². The predicted molar refractivity (Wildman–Crippen MR) is 147 cm³/mol. The Morgan fingerprint density at radius 2 is 1.50 bits per heavy atom. The number of nitro benzene ring substituents is 2. The minimum atomic E-state index is -1.63. The van der Waals surface area contributed by atoms with Gasteiger partial charge in [-0.15, -0.1) is 0 Å². The van der Waals surface area contributed by atoms with Gasteiger partial charge in [0, 0.05) is 24.0 Å². The van der Waals surface area contributed by atoms with Gasteiger partial charge in [0.1, 0.15) is 5.69 Å². The Morgan fingerprint density at radius 1 is 0.850 bits per heavy atom. The highest BCUT2D eigenvalue weighted by molar-refractivity contribution is 6.13. The van der Waals surface area contributed by atoms with Crippen molar-refractivity contribution in [2.24, 2.45) is 10.5 Å². The first-order chi connectivity index (χ1) is 19.3. The summed E-state index contributed by atoms with van der Waals surface area (Å²) < 4.78 is 0. The number of anilines is 1. The van der Waals surface area contributed by atoms with Crippen molar-refractivity contribution in [3.63, 3.8) is 0 Å².